The highest BCUT2D eigenvalue weighted by atomic mass is 16.5. The molecule has 7 nitrogen and oxygen atoms in total. The standard InChI is InChI=1S/C15H25N5O2/c1-11(2)17-15(21)13-10-14(19-12(3)18-13)16-4-5-20-6-8-22-9-7-20/h10-11H,4-9H2,1-3H3,(H,17,21)(H,16,18,19). The van der Waals surface area contributed by atoms with Gasteiger partial charge in [-0.1, -0.05) is 0 Å². The summed E-state index contributed by atoms with van der Waals surface area (Å²) >= 11 is 0. The van der Waals surface area contributed by atoms with Crippen molar-refractivity contribution in [3.8, 4) is 0 Å². The summed E-state index contributed by atoms with van der Waals surface area (Å²) < 4.78 is 5.33. The highest BCUT2D eigenvalue weighted by Gasteiger charge is 2.12. The van der Waals surface area contributed by atoms with Crippen LogP contribution in [0.25, 0.3) is 0 Å². The Morgan fingerprint density at radius 2 is 2.09 bits per heavy atom. The van der Waals surface area contributed by atoms with Crippen molar-refractivity contribution in [3.63, 3.8) is 0 Å². The third kappa shape index (κ3) is 5.23. The summed E-state index contributed by atoms with van der Waals surface area (Å²) in [4.78, 5) is 22.9. The maximum absolute atomic E-state index is 12.0. The molecule has 1 aliphatic heterocycles. The van der Waals surface area contributed by atoms with Crippen LogP contribution in [0.4, 0.5) is 5.82 Å². The van der Waals surface area contributed by atoms with E-state index in [1.54, 1.807) is 13.0 Å². The fraction of sp³-hybridized carbons (Fsp3) is 0.667. The fourth-order valence-corrected chi connectivity index (χ4v) is 2.28. The van der Waals surface area contributed by atoms with Crippen molar-refractivity contribution in [2.45, 2.75) is 26.8 Å². The molecule has 22 heavy (non-hydrogen) atoms. The molecular weight excluding hydrogens is 282 g/mol. The third-order valence-electron chi connectivity index (χ3n) is 3.33. The molecule has 0 saturated carbocycles. The fourth-order valence-electron chi connectivity index (χ4n) is 2.28. The third-order valence-corrected chi connectivity index (χ3v) is 3.33. The van der Waals surface area contributed by atoms with Crippen LogP contribution in [0.15, 0.2) is 6.07 Å². The van der Waals surface area contributed by atoms with Crippen LogP contribution in [0, 0.1) is 6.92 Å². The molecule has 1 aromatic heterocycles. The van der Waals surface area contributed by atoms with Gasteiger partial charge in [-0.05, 0) is 20.8 Å². The minimum absolute atomic E-state index is 0.0838. The number of aryl methyl sites for hydroxylation is 1. The first-order chi connectivity index (χ1) is 10.5. The Kier molecular flexibility index (Phi) is 6.09. The summed E-state index contributed by atoms with van der Waals surface area (Å²) in [7, 11) is 0. The number of anilines is 1. The lowest BCUT2D eigenvalue weighted by Crippen LogP contribution is -2.39. The number of hydrogen-bond acceptors (Lipinski definition) is 6. The predicted octanol–water partition coefficient (Wildman–Crippen LogP) is 0.667. The molecule has 2 heterocycles. The van der Waals surface area contributed by atoms with Gasteiger partial charge in [-0.25, -0.2) is 9.97 Å². The van der Waals surface area contributed by atoms with Gasteiger partial charge in [0.2, 0.25) is 0 Å². The van der Waals surface area contributed by atoms with E-state index in [1.807, 2.05) is 13.8 Å². The van der Waals surface area contributed by atoms with Gasteiger partial charge in [-0.2, -0.15) is 0 Å². The maximum Gasteiger partial charge on any atom is 0.270 e. The molecule has 1 aliphatic rings. The quantitative estimate of drug-likeness (QED) is 0.804. The zero-order valence-corrected chi connectivity index (χ0v) is 13.6. The molecule has 0 aromatic carbocycles. The Hall–Kier alpha value is -1.73. The van der Waals surface area contributed by atoms with Crippen LogP contribution in [0.3, 0.4) is 0 Å². The zero-order chi connectivity index (χ0) is 15.9. The number of aromatic nitrogens is 2. The number of carbonyl (C=O) groups excluding carboxylic acids is 1. The van der Waals surface area contributed by atoms with E-state index in [1.165, 1.54) is 0 Å². The van der Waals surface area contributed by atoms with Crippen LogP contribution < -0.4 is 10.6 Å². The molecule has 0 atom stereocenters. The second-order valence-electron chi connectivity index (χ2n) is 5.69. The molecule has 2 N–H and O–H groups in total. The van der Waals surface area contributed by atoms with Gasteiger partial charge in [-0.3, -0.25) is 9.69 Å². The highest BCUT2D eigenvalue weighted by molar-refractivity contribution is 5.93. The van der Waals surface area contributed by atoms with E-state index in [-0.39, 0.29) is 11.9 Å². The lowest BCUT2D eigenvalue weighted by molar-refractivity contribution is 0.0398. The van der Waals surface area contributed by atoms with Crippen molar-refractivity contribution in [2.75, 3.05) is 44.7 Å². The maximum atomic E-state index is 12.0. The average Bonchev–Trinajstić information content (AvgIpc) is 2.47. The molecule has 0 bridgehead atoms. The monoisotopic (exact) mass is 307 g/mol. The van der Waals surface area contributed by atoms with E-state index in [0.717, 1.165) is 39.4 Å². The first-order valence-electron chi connectivity index (χ1n) is 7.75. The van der Waals surface area contributed by atoms with Crippen molar-refractivity contribution in [3.05, 3.63) is 17.6 Å². The van der Waals surface area contributed by atoms with E-state index in [4.69, 9.17) is 4.74 Å². The normalized spacial score (nSPS) is 15.8. The van der Waals surface area contributed by atoms with E-state index in [9.17, 15) is 4.79 Å². The highest BCUT2D eigenvalue weighted by Crippen LogP contribution is 2.07. The number of amides is 1. The van der Waals surface area contributed by atoms with Crippen molar-refractivity contribution >= 4 is 11.7 Å². The van der Waals surface area contributed by atoms with Crippen molar-refractivity contribution in [2.24, 2.45) is 0 Å². The van der Waals surface area contributed by atoms with Crippen molar-refractivity contribution in [1.82, 2.24) is 20.2 Å². The van der Waals surface area contributed by atoms with Gasteiger partial charge in [0.25, 0.3) is 5.91 Å². The van der Waals surface area contributed by atoms with Crippen LogP contribution in [0.5, 0.6) is 0 Å². The van der Waals surface area contributed by atoms with Gasteiger partial charge in [0.1, 0.15) is 17.3 Å². The molecule has 2 rings (SSSR count). The number of nitrogens with zero attached hydrogens (tertiary/aromatic N) is 3. The average molecular weight is 307 g/mol. The molecule has 1 amide bonds. The lowest BCUT2D eigenvalue weighted by atomic mass is 10.3. The van der Waals surface area contributed by atoms with Crippen LogP contribution in [-0.4, -0.2) is 66.2 Å². The Morgan fingerprint density at radius 3 is 2.77 bits per heavy atom. The second-order valence-corrected chi connectivity index (χ2v) is 5.69. The van der Waals surface area contributed by atoms with Gasteiger partial charge < -0.3 is 15.4 Å². The molecule has 0 spiro atoms. The largest absolute Gasteiger partial charge is 0.379 e. The van der Waals surface area contributed by atoms with E-state index < -0.39 is 0 Å². The predicted molar refractivity (Wildman–Crippen MR) is 85.1 cm³/mol. The van der Waals surface area contributed by atoms with Gasteiger partial charge in [0.05, 0.1) is 13.2 Å². The topological polar surface area (TPSA) is 79.4 Å². The minimum Gasteiger partial charge on any atom is -0.379 e. The van der Waals surface area contributed by atoms with Gasteiger partial charge in [0.15, 0.2) is 0 Å². The zero-order valence-electron chi connectivity index (χ0n) is 13.6. The number of ether oxygens (including phenoxy) is 1. The number of rotatable bonds is 6. The summed E-state index contributed by atoms with van der Waals surface area (Å²) in [6, 6.07) is 1.78. The molecular formula is C15H25N5O2. The molecule has 1 aromatic rings. The lowest BCUT2D eigenvalue weighted by Gasteiger charge is -2.26. The number of carbonyl (C=O) groups is 1. The Morgan fingerprint density at radius 1 is 1.36 bits per heavy atom. The molecule has 0 unspecified atom stereocenters. The first-order valence-corrected chi connectivity index (χ1v) is 7.75. The SMILES string of the molecule is Cc1nc(NCCN2CCOCC2)cc(C(=O)NC(C)C)n1. The number of nitrogens with one attached hydrogen (secondary N) is 2. The molecule has 1 saturated heterocycles. The van der Waals surface area contributed by atoms with E-state index >= 15 is 0 Å². The summed E-state index contributed by atoms with van der Waals surface area (Å²) in [6.45, 7) is 10.9. The van der Waals surface area contributed by atoms with Crippen LogP contribution in [-0.2, 0) is 4.74 Å². The Balaban J connectivity index is 1.90. The molecule has 0 aliphatic carbocycles. The summed E-state index contributed by atoms with van der Waals surface area (Å²) in [5.74, 6) is 1.11. The first kappa shape index (κ1) is 16.6. The summed E-state index contributed by atoms with van der Waals surface area (Å²) in [5, 5.41) is 6.11. The Labute approximate surface area is 131 Å². The van der Waals surface area contributed by atoms with Gasteiger partial charge in [-0.15, -0.1) is 0 Å². The van der Waals surface area contributed by atoms with Gasteiger partial charge in [0, 0.05) is 38.3 Å². The van der Waals surface area contributed by atoms with Crippen molar-refractivity contribution in [1.29, 1.82) is 0 Å². The molecule has 122 valence electrons. The van der Waals surface area contributed by atoms with Crippen LogP contribution in [0.1, 0.15) is 30.2 Å². The molecule has 7 heteroatoms. The van der Waals surface area contributed by atoms with Crippen LogP contribution >= 0.6 is 0 Å². The van der Waals surface area contributed by atoms with Crippen molar-refractivity contribution < 1.29 is 9.53 Å². The minimum atomic E-state index is -0.170. The second kappa shape index (κ2) is 8.05. The molecule has 1 fully saturated rings. The van der Waals surface area contributed by atoms with E-state index in [2.05, 4.69) is 25.5 Å². The summed E-state index contributed by atoms with van der Waals surface area (Å²) in [6.07, 6.45) is 0. The van der Waals surface area contributed by atoms with E-state index in [0.29, 0.717) is 17.3 Å². The number of hydrogen-bond donors (Lipinski definition) is 2. The Bertz CT molecular complexity index is 501. The number of morpholine rings is 1. The van der Waals surface area contributed by atoms with Crippen LogP contribution in [0.2, 0.25) is 0 Å². The summed E-state index contributed by atoms with van der Waals surface area (Å²) in [5.41, 5.74) is 0.398. The van der Waals surface area contributed by atoms with Gasteiger partial charge >= 0.3 is 0 Å². The smallest absolute Gasteiger partial charge is 0.270 e. The molecule has 0 radical (unpaired) electrons.